The van der Waals surface area contributed by atoms with Crippen molar-refractivity contribution < 1.29 is 10.2 Å². The molecule has 1 aromatic rings. The summed E-state index contributed by atoms with van der Waals surface area (Å²) in [5.41, 5.74) is 1.81. The molecule has 2 atom stereocenters. The number of hydrogen-bond donors (Lipinski definition) is 3. The lowest BCUT2D eigenvalue weighted by Crippen LogP contribution is -2.23. The van der Waals surface area contributed by atoms with Gasteiger partial charge in [0.25, 0.3) is 0 Å². The van der Waals surface area contributed by atoms with E-state index in [4.69, 9.17) is 0 Å². The Labute approximate surface area is 105 Å². The van der Waals surface area contributed by atoms with Gasteiger partial charge in [-0.25, -0.2) is 0 Å². The van der Waals surface area contributed by atoms with Crippen molar-refractivity contribution in [2.75, 3.05) is 13.6 Å². The third kappa shape index (κ3) is 3.56. The van der Waals surface area contributed by atoms with Crippen LogP contribution in [0.1, 0.15) is 23.7 Å². The summed E-state index contributed by atoms with van der Waals surface area (Å²) in [6.45, 7) is 0.689. The van der Waals surface area contributed by atoms with E-state index in [0.717, 1.165) is 11.1 Å². The van der Waals surface area contributed by atoms with Gasteiger partial charge in [0, 0.05) is 5.33 Å². The molecule has 0 amide bonds. The molecular weight excluding hydrogens is 270 g/mol. The van der Waals surface area contributed by atoms with Crippen molar-refractivity contribution in [3.63, 3.8) is 0 Å². The van der Waals surface area contributed by atoms with Gasteiger partial charge in [0.05, 0.1) is 6.10 Å². The predicted molar refractivity (Wildman–Crippen MR) is 68.6 cm³/mol. The molecule has 16 heavy (non-hydrogen) atoms. The van der Waals surface area contributed by atoms with Crippen LogP contribution in [0.3, 0.4) is 0 Å². The highest BCUT2D eigenvalue weighted by atomic mass is 79.9. The minimum Gasteiger partial charge on any atom is -0.390 e. The Morgan fingerprint density at radius 2 is 2.00 bits per heavy atom. The highest BCUT2D eigenvalue weighted by Crippen LogP contribution is 2.24. The van der Waals surface area contributed by atoms with Crippen molar-refractivity contribution in [2.45, 2.75) is 24.0 Å². The normalized spacial score (nSPS) is 14.8. The molecule has 90 valence electrons. The summed E-state index contributed by atoms with van der Waals surface area (Å²) in [7, 11) is 1.82. The first kappa shape index (κ1) is 13.6. The number of halogens is 1. The summed E-state index contributed by atoms with van der Waals surface area (Å²) >= 11 is 3.37. The number of aliphatic hydroxyl groups excluding tert-OH is 2. The fraction of sp³-hybridized carbons (Fsp3) is 0.500. The van der Waals surface area contributed by atoms with E-state index in [9.17, 15) is 10.2 Å². The van der Waals surface area contributed by atoms with Crippen LogP contribution in [0.2, 0.25) is 0 Å². The van der Waals surface area contributed by atoms with Crippen LogP contribution < -0.4 is 5.32 Å². The van der Waals surface area contributed by atoms with Crippen molar-refractivity contribution in [1.29, 1.82) is 0 Å². The Morgan fingerprint density at radius 1 is 1.31 bits per heavy atom. The van der Waals surface area contributed by atoms with Crippen molar-refractivity contribution in [2.24, 2.45) is 0 Å². The van der Waals surface area contributed by atoms with Crippen LogP contribution in [0.5, 0.6) is 0 Å². The molecule has 0 radical (unpaired) electrons. The number of aliphatic hydroxyl groups is 2. The fourth-order valence-electron chi connectivity index (χ4n) is 1.60. The molecule has 0 bridgehead atoms. The topological polar surface area (TPSA) is 52.5 Å². The lowest BCUT2D eigenvalue weighted by atomic mass is 9.98. The van der Waals surface area contributed by atoms with E-state index in [2.05, 4.69) is 21.2 Å². The minimum absolute atomic E-state index is 0.536. The Kier molecular flexibility index (Phi) is 5.98. The van der Waals surface area contributed by atoms with Crippen molar-refractivity contribution >= 4 is 15.9 Å². The van der Waals surface area contributed by atoms with Gasteiger partial charge in [0.15, 0.2) is 0 Å². The maximum absolute atomic E-state index is 10.0. The van der Waals surface area contributed by atoms with E-state index >= 15 is 0 Å². The Balaban J connectivity index is 2.74. The van der Waals surface area contributed by atoms with Gasteiger partial charge >= 0.3 is 0 Å². The molecule has 0 heterocycles. The molecule has 0 aliphatic rings. The second-order valence-electron chi connectivity index (χ2n) is 3.74. The smallest absolute Gasteiger partial charge is 0.105 e. The van der Waals surface area contributed by atoms with Gasteiger partial charge in [-0.05, 0) is 31.1 Å². The summed E-state index contributed by atoms with van der Waals surface area (Å²) in [6.07, 6.45) is -1.01. The zero-order valence-electron chi connectivity index (χ0n) is 9.36. The van der Waals surface area contributed by atoms with Crippen LogP contribution in [0.25, 0.3) is 0 Å². The van der Waals surface area contributed by atoms with Crippen LogP contribution >= 0.6 is 15.9 Å². The molecule has 0 spiro atoms. The number of rotatable bonds is 6. The van der Waals surface area contributed by atoms with Gasteiger partial charge in [0.2, 0.25) is 0 Å². The minimum atomic E-state index is -0.818. The average Bonchev–Trinajstić information content (AvgIpc) is 2.34. The summed E-state index contributed by atoms with van der Waals surface area (Å²) in [5, 5.41) is 23.5. The lowest BCUT2D eigenvalue weighted by molar-refractivity contribution is 0.0136. The molecule has 0 aromatic heterocycles. The molecule has 3 nitrogen and oxygen atoms in total. The first-order valence-corrected chi connectivity index (χ1v) is 6.47. The molecule has 3 N–H and O–H groups in total. The summed E-state index contributed by atoms with van der Waals surface area (Å²) in [6, 6.07) is 7.59. The van der Waals surface area contributed by atoms with Crippen LogP contribution in [-0.2, 0) is 5.33 Å². The number of hydrogen-bond acceptors (Lipinski definition) is 3. The molecule has 2 unspecified atom stereocenters. The standard InChI is InChI=1S/C12H18BrNO2/c1-14-7-6-11(15)12(16)10-5-3-2-4-9(10)8-13/h2-5,11-12,14-16H,6-8H2,1H3. The Morgan fingerprint density at radius 3 is 2.62 bits per heavy atom. The second-order valence-corrected chi connectivity index (χ2v) is 4.30. The Hall–Kier alpha value is -0.420. The Bertz CT molecular complexity index is 320. The van der Waals surface area contributed by atoms with Crippen LogP contribution in [-0.4, -0.2) is 29.9 Å². The molecule has 1 rings (SSSR count). The van der Waals surface area contributed by atoms with E-state index in [1.807, 2.05) is 31.3 Å². The van der Waals surface area contributed by atoms with E-state index in [1.54, 1.807) is 0 Å². The van der Waals surface area contributed by atoms with E-state index in [-0.39, 0.29) is 0 Å². The van der Waals surface area contributed by atoms with Crippen molar-refractivity contribution in [3.8, 4) is 0 Å². The predicted octanol–water partition coefficient (Wildman–Crippen LogP) is 1.59. The number of alkyl halides is 1. The van der Waals surface area contributed by atoms with Crippen LogP contribution in [0, 0.1) is 0 Å². The number of benzene rings is 1. The van der Waals surface area contributed by atoms with E-state index in [1.165, 1.54) is 0 Å². The van der Waals surface area contributed by atoms with Gasteiger partial charge in [-0.15, -0.1) is 0 Å². The fourth-order valence-corrected chi connectivity index (χ4v) is 2.11. The highest BCUT2D eigenvalue weighted by molar-refractivity contribution is 9.08. The van der Waals surface area contributed by atoms with Gasteiger partial charge in [-0.2, -0.15) is 0 Å². The zero-order chi connectivity index (χ0) is 12.0. The first-order valence-electron chi connectivity index (χ1n) is 5.35. The largest absolute Gasteiger partial charge is 0.390 e. The first-order chi connectivity index (χ1) is 7.70. The molecule has 4 heteroatoms. The van der Waals surface area contributed by atoms with Crippen LogP contribution in [0.15, 0.2) is 24.3 Å². The van der Waals surface area contributed by atoms with Crippen molar-refractivity contribution in [1.82, 2.24) is 5.32 Å². The third-order valence-electron chi connectivity index (χ3n) is 2.57. The zero-order valence-corrected chi connectivity index (χ0v) is 10.9. The summed E-state index contributed by atoms with van der Waals surface area (Å²) in [5.74, 6) is 0. The molecule has 1 aromatic carbocycles. The molecule has 0 saturated carbocycles. The maximum Gasteiger partial charge on any atom is 0.105 e. The van der Waals surface area contributed by atoms with Gasteiger partial charge in [0.1, 0.15) is 6.10 Å². The maximum atomic E-state index is 10.0. The lowest BCUT2D eigenvalue weighted by Gasteiger charge is -2.20. The molecule has 0 aliphatic carbocycles. The monoisotopic (exact) mass is 287 g/mol. The van der Waals surface area contributed by atoms with Gasteiger partial charge in [-0.1, -0.05) is 40.2 Å². The highest BCUT2D eigenvalue weighted by Gasteiger charge is 2.19. The summed E-state index contributed by atoms with van der Waals surface area (Å²) < 4.78 is 0. The van der Waals surface area contributed by atoms with Gasteiger partial charge < -0.3 is 15.5 Å². The third-order valence-corrected chi connectivity index (χ3v) is 3.18. The second kappa shape index (κ2) is 7.01. The summed E-state index contributed by atoms with van der Waals surface area (Å²) in [4.78, 5) is 0. The average molecular weight is 288 g/mol. The van der Waals surface area contributed by atoms with Crippen molar-refractivity contribution in [3.05, 3.63) is 35.4 Å². The quantitative estimate of drug-likeness (QED) is 0.697. The molecule has 0 aliphatic heterocycles. The molecular formula is C12H18BrNO2. The van der Waals surface area contributed by atoms with Gasteiger partial charge in [-0.3, -0.25) is 0 Å². The molecule has 0 fully saturated rings. The SMILES string of the molecule is CNCCC(O)C(O)c1ccccc1CBr. The van der Waals surface area contributed by atoms with E-state index < -0.39 is 12.2 Å². The van der Waals surface area contributed by atoms with Crippen LogP contribution in [0.4, 0.5) is 0 Å². The molecule has 0 saturated heterocycles. The number of nitrogens with one attached hydrogen (secondary N) is 1. The van der Waals surface area contributed by atoms with E-state index in [0.29, 0.717) is 18.3 Å².